The van der Waals surface area contributed by atoms with Crippen LogP contribution in [0.2, 0.25) is 0 Å². The molecule has 1 aromatic heterocycles. The quantitative estimate of drug-likeness (QED) is 0.174. The maximum absolute atomic E-state index is 9.71. The Morgan fingerprint density at radius 1 is 0.388 bits per heavy atom. The predicted octanol–water partition coefficient (Wildman–Crippen LogP) is 13.7. The minimum absolute atomic E-state index is 0.00560. The van der Waals surface area contributed by atoms with Gasteiger partial charge >= 0.3 is 0 Å². The van der Waals surface area contributed by atoms with Crippen molar-refractivity contribution in [3.05, 3.63) is 182 Å². The van der Waals surface area contributed by atoms with Gasteiger partial charge in [0, 0.05) is 16.2 Å². The van der Waals surface area contributed by atoms with Gasteiger partial charge in [0.05, 0.1) is 26.0 Å². The van der Waals surface area contributed by atoms with Gasteiger partial charge in [0.25, 0.3) is 0 Å². The van der Waals surface area contributed by atoms with Gasteiger partial charge in [0.2, 0.25) is 0 Å². The molecule has 0 saturated carbocycles. The van der Waals surface area contributed by atoms with Gasteiger partial charge in [0.15, 0.2) is 0 Å². The molecule has 1 heterocycles. The van der Waals surface area contributed by atoms with Crippen LogP contribution >= 0.6 is 0 Å². The van der Waals surface area contributed by atoms with Crippen molar-refractivity contribution in [3.63, 3.8) is 0 Å². The molecule has 0 unspecified atom stereocenters. The minimum atomic E-state index is -0.654. The Bertz CT molecular complexity index is 3850. The molecule has 0 saturated heterocycles. The zero-order valence-electron chi connectivity index (χ0n) is 44.3. The number of rotatable bonds is 4. The van der Waals surface area contributed by atoms with Gasteiger partial charge < -0.3 is 4.42 Å². The van der Waals surface area contributed by atoms with Crippen molar-refractivity contribution in [2.24, 2.45) is 0 Å². The van der Waals surface area contributed by atoms with E-state index in [9.17, 15) is 4.11 Å². The first-order chi connectivity index (χ1) is 32.2. The van der Waals surface area contributed by atoms with Gasteiger partial charge in [0.1, 0.15) is 11.2 Å². The molecule has 1 heteroatoms. The topological polar surface area (TPSA) is 13.1 Å². The summed E-state index contributed by atoms with van der Waals surface area (Å²) >= 11 is 0. The molecule has 0 aliphatic carbocycles. The molecule has 0 N–H and O–H groups in total. The first kappa shape index (κ1) is 14.8. The molecule has 0 atom stereocenters. The zero-order chi connectivity index (χ0) is 48.8. The van der Waals surface area contributed by atoms with E-state index in [0.29, 0.717) is 38.2 Å². The van der Waals surface area contributed by atoms with Crippen LogP contribution in [0.25, 0.3) is 98.8 Å². The fraction of sp³-hybridized carbons (Fsp3) is 0. The van der Waals surface area contributed by atoms with Crippen LogP contribution in [0.3, 0.4) is 0 Å². The van der Waals surface area contributed by atoms with E-state index in [0.717, 1.165) is 0 Å². The zero-order valence-corrected chi connectivity index (χ0v) is 25.3. The number of furan rings is 1. The van der Waals surface area contributed by atoms with E-state index < -0.39 is 109 Å². The Hall–Kier alpha value is -6.44. The van der Waals surface area contributed by atoms with Crippen molar-refractivity contribution in [1.29, 1.82) is 0 Å². The van der Waals surface area contributed by atoms with Crippen molar-refractivity contribution < 1.29 is 30.5 Å². The first-order valence-corrected chi connectivity index (χ1v) is 15.3. The van der Waals surface area contributed by atoms with Gasteiger partial charge in [-0.2, -0.15) is 0 Å². The number of benzene rings is 9. The average molecular weight is 642 g/mol. The lowest BCUT2D eigenvalue weighted by Gasteiger charge is -2.19. The van der Waals surface area contributed by atoms with Crippen molar-refractivity contribution in [2.45, 2.75) is 0 Å². The van der Waals surface area contributed by atoms with Crippen molar-refractivity contribution >= 4 is 54.3 Å². The summed E-state index contributed by atoms with van der Waals surface area (Å²) in [6.45, 7) is 0. The molecule has 228 valence electrons. The fourth-order valence-electron chi connectivity index (χ4n) is 6.63. The van der Waals surface area contributed by atoms with Gasteiger partial charge in [-0.05, 0) is 95.6 Å². The summed E-state index contributed by atoms with van der Waals surface area (Å²) in [4.78, 5) is 0. The fourth-order valence-corrected chi connectivity index (χ4v) is 6.63. The largest absolute Gasteiger partial charge is 0.455 e. The SMILES string of the molecule is [2H]c1c([2H])c([2H])c(-c2ccc(-c3c4ccccc4c(-c4c([2H])c([2H])c5c(oc6c7c([2H])c([2H])c([2H])c([2H])c7c([2H])c([2H])c65)c4[2H])c4ccccc34)cc2-c2c([2H])c([2H])c([2H])c([2H])c2[2H])c([2H])c1[2H]. The molecular formula is C48H30O. The second kappa shape index (κ2) is 11.1. The molecular weight excluding hydrogens is 593 g/mol. The van der Waals surface area contributed by atoms with Gasteiger partial charge in [-0.1, -0.05) is 157 Å². The Kier molecular flexibility index (Phi) is 3.34. The number of hydrogen-bond donors (Lipinski definition) is 0. The molecule has 0 aliphatic heterocycles. The summed E-state index contributed by atoms with van der Waals surface area (Å²) in [7, 11) is 0. The third-order valence-electron chi connectivity index (χ3n) is 8.71. The van der Waals surface area contributed by atoms with E-state index in [-0.39, 0.29) is 66.6 Å². The van der Waals surface area contributed by atoms with Gasteiger partial charge in [-0.25, -0.2) is 0 Å². The molecule has 0 spiro atoms. The van der Waals surface area contributed by atoms with Crippen molar-refractivity contribution in [1.82, 2.24) is 0 Å². The predicted molar refractivity (Wildman–Crippen MR) is 208 cm³/mol. The average Bonchev–Trinajstić information content (AvgIpc) is 3.74. The molecule has 10 aromatic rings. The monoisotopic (exact) mass is 641 g/mol. The second-order valence-corrected chi connectivity index (χ2v) is 11.4. The molecule has 0 fully saturated rings. The molecule has 10 rings (SSSR count). The van der Waals surface area contributed by atoms with Crippen LogP contribution in [0.15, 0.2) is 186 Å². The molecule has 0 amide bonds. The Morgan fingerprint density at radius 3 is 1.63 bits per heavy atom. The van der Waals surface area contributed by atoms with Gasteiger partial charge in [-0.3, -0.25) is 0 Å². The van der Waals surface area contributed by atoms with E-state index in [1.54, 1.807) is 60.7 Å². The first-order valence-electron chi connectivity index (χ1n) is 24.8. The summed E-state index contributed by atoms with van der Waals surface area (Å²) in [5.74, 6) is 0. The highest BCUT2D eigenvalue weighted by Crippen LogP contribution is 2.46. The molecule has 0 radical (unpaired) electrons. The Morgan fingerprint density at radius 2 is 0.959 bits per heavy atom. The normalized spacial score (nSPS) is 17.1. The minimum Gasteiger partial charge on any atom is -0.455 e. The van der Waals surface area contributed by atoms with Gasteiger partial charge in [-0.15, -0.1) is 0 Å². The molecule has 9 aromatic carbocycles. The third kappa shape index (κ3) is 4.40. The van der Waals surface area contributed by atoms with E-state index >= 15 is 0 Å². The highest BCUT2D eigenvalue weighted by molar-refractivity contribution is 6.22. The van der Waals surface area contributed by atoms with Crippen LogP contribution in [0.5, 0.6) is 0 Å². The summed E-state index contributed by atoms with van der Waals surface area (Å²) in [5, 5.41) is 1.28. The van der Waals surface area contributed by atoms with Crippen LogP contribution in [-0.2, 0) is 0 Å². The highest BCUT2D eigenvalue weighted by Gasteiger charge is 2.19. The maximum Gasteiger partial charge on any atom is 0.143 e. The van der Waals surface area contributed by atoms with E-state index in [4.69, 9.17) is 26.3 Å². The highest BCUT2D eigenvalue weighted by atomic mass is 16.3. The lowest BCUT2D eigenvalue weighted by molar-refractivity contribution is 0.673. The van der Waals surface area contributed by atoms with Crippen LogP contribution in [0.4, 0.5) is 0 Å². The third-order valence-corrected chi connectivity index (χ3v) is 8.71. The Labute approximate surface area is 311 Å². The number of hydrogen-bond acceptors (Lipinski definition) is 1. The summed E-state index contributed by atoms with van der Waals surface area (Å²) in [6, 6.07) is 7.94. The van der Waals surface area contributed by atoms with E-state index in [1.807, 2.05) is 0 Å². The summed E-state index contributed by atoms with van der Waals surface area (Å²) in [6.07, 6.45) is 0. The second-order valence-electron chi connectivity index (χ2n) is 11.4. The number of fused-ring (bicyclic) bond motifs is 7. The lowest BCUT2D eigenvalue weighted by Crippen LogP contribution is -1.92. The summed E-state index contributed by atoms with van der Waals surface area (Å²) in [5.41, 5.74) is 0.239. The molecule has 1 nitrogen and oxygen atoms in total. The van der Waals surface area contributed by atoms with Crippen molar-refractivity contribution in [3.8, 4) is 44.5 Å². The Balaban J connectivity index is 1.32. The molecule has 0 bridgehead atoms. The van der Waals surface area contributed by atoms with Crippen LogP contribution in [-0.4, -0.2) is 0 Å². The van der Waals surface area contributed by atoms with Crippen molar-refractivity contribution in [2.75, 3.05) is 0 Å². The van der Waals surface area contributed by atoms with Crippen LogP contribution in [0, 0.1) is 0 Å². The molecule has 49 heavy (non-hydrogen) atoms. The summed E-state index contributed by atoms with van der Waals surface area (Å²) < 4.78 is 173. The van der Waals surface area contributed by atoms with Crippen LogP contribution in [0.1, 0.15) is 26.0 Å². The van der Waals surface area contributed by atoms with E-state index in [1.165, 1.54) is 6.07 Å². The molecule has 0 aliphatic rings. The maximum atomic E-state index is 9.71. The lowest BCUT2D eigenvalue weighted by atomic mass is 9.84. The van der Waals surface area contributed by atoms with Crippen LogP contribution < -0.4 is 0 Å². The smallest absolute Gasteiger partial charge is 0.143 e. The van der Waals surface area contributed by atoms with E-state index in [2.05, 4.69) is 0 Å². The standard InChI is InChI=1S/C48H30O/c1-3-13-31(14-4-1)36-26-24-34(29-44(36)32-15-5-2-6-16-32)46-39-19-9-11-21-41(39)47(42-22-12-10-20-40(42)46)35-25-27-38-43-28-23-33-17-7-8-18-37(33)48(43)49-45(38)30-35/h1-30H/i1D,2D,3D,4D,5D,6D,7D,8D,13D,14D,15D,16D,17D,18D,23D,25D,27D,28D,30D.